The van der Waals surface area contributed by atoms with Crippen LogP contribution in [-0.2, 0) is 33.9 Å². The van der Waals surface area contributed by atoms with Gasteiger partial charge in [0.05, 0.1) is 5.69 Å². The number of carbonyl (C=O) groups excluding carboxylic acids is 2. The molecule has 0 saturated carbocycles. The van der Waals surface area contributed by atoms with E-state index < -0.39 is 5.97 Å². The number of ether oxygens (including phenoxy) is 2. The molecule has 0 saturated heterocycles. The Hall–Kier alpha value is -2.56. The van der Waals surface area contributed by atoms with Crippen LogP contribution in [0.5, 0.6) is 0 Å². The summed E-state index contributed by atoms with van der Waals surface area (Å²) in [5.41, 5.74) is 4.05. The van der Waals surface area contributed by atoms with Gasteiger partial charge < -0.3 is 14.5 Å². The summed E-state index contributed by atoms with van der Waals surface area (Å²) in [7, 11) is 0. The van der Waals surface area contributed by atoms with Crippen LogP contribution in [0.25, 0.3) is 0 Å². The minimum Gasteiger partial charge on any atom is -0.459 e. The van der Waals surface area contributed by atoms with Crippen molar-refractivity contribution < 1.29 is 19.1 Å². The molecule has 0 aliphatic rings. The summed E-state index contributed by atoms with van der Waals surface area (Å²) in [5, 5.41) is 0. The van der Waals surface area contributed by atoms with Crippen LogP contribution in [0.3, 0.4) is 0 Å². The van der Waals surface area contributed by atoms with Gasteiger partial charge in [0, 0.05) is 6.92 Å². The summed E-state index contributed by atoms with van der Waals surface area (Å²) in [5.74, 6) is -0.741. The maximum Gasteiger partial charge on any atom is 0.355 e. The van der Waals surface area contributed by atoms with Crippen LogP contribution >= 0.6 is 0 Å². The molecule has 5 heteroatoms. The number of aromatic nitrogens is 1. The molecule has 0 atom stereocenters. The molecule has 0 fully saturated rings. The third kappa shape index (κ3) is 5.21. The highest BCUT2D eigenvalue weighted by Crippen LogP contribution is 2.22. The summed E-state index contributed by atoms with van der Waals surface area (Å²) in [6, 6.07) is 9.55. The van der Waals surface area contributed by atoms with Gasteiger partial charge in [-0.1, -0.05) is 43.7 Å². The first-order chi connectivity index (χ1) is 12.0. The van der Waals surface area contributed by atoms with Crippen LogP contribution in [0.2, 0.25) is 0 Å². The Morgan fingerprint density at radius 1 is 1.08 bits per heavy atom. The number of hydrogen-bond acceptors (Lipinski definition) is 4. The Bertz CT molecular complexity index is 719. The lowest BCUT2D eigenvalue weighted by molar-refractivity contribution is -0.142. The van der Waals surface area contributed by atoms with Gasteiger partial charge in [0.15, 0.2) is 0 Å². The Balaban J connectivity index is 2.14. The average molecular weight is 343 g/mol. The largest absolute Gasteiger partial charge is 0.459 e. The molecular formula is C20H25NO4. The minimum atomic E-state index is -0.395. The molecule has 0 spiro atoms. The van der Waals surface area contributed by atoms with Crippen molar-refractivity contribution in [3.63, 3.8) is 0 Å². The zero-order chi connectivity index (χ0) is 18.2. The van der Waals surface area contributed by atoms with Gasteiger partial charge in [-0.2, -0.15) is 0 Å². The van der Waals surface area contributed by atoms with Gasteiger partial charge in [-0.15, -0.1) is 0 Å². The van der Waals surface area contributed by atoms with Crippen LogP contribution in [-0.4, -0.2) is 16.9 Å². The number of aromatic amines is 1. The minimum absolute atomic E-state index is 0.140. The molecule has 2 aromatic rings. The van der Waals surface area contributed by atoms with E-state index in [0.29, 0.717) is 5.69 Å². The summed E-state index contributed by atoms with van der Waals surface area (Å²) in [6.07, 6.45) is 2.89. The standard InChI is InChI=1S/C20H25NO4/c1-4-5-11-17-14(2)19(21-18(17)13-24-15(3)22)20(23)25-12-16-9-7-6-8-10-16/h6-10,21H,4-5,11-13H2,1-3H3. The van der Waals surface area contributed by atoms with Gasteiger partial charge in [0.1, 0.15) is 18.9 Å². The molecular weight excluding hydrogens is 318 g/mol. The fraction of sp³-hybridized carbons (Fsp3) is 0.400. The highest BCUT2D eigenvalue weighted by Gasteiger charge is 2.20. The molecule has 1 N–H and O–H groups in total. The van der Waals surface area contributed by atoms with Gasteiger partial charge in [-0.3, -0.25) is 4.79 Å². The van der Waals surface area contributed by atoms with Crippen molar-refractivity contribution in [3.05, 3.63) is 58.4 Å². The van der Waals surface area contributed by atoms with Gasteiger partial charge in [-0.05, 0) is 36.5 Å². The normalized spacial score (nSPS) is 10.5. The van der Waals surface area contributed by atoms with Crippen molar-refractivity contribution in [3.8, 4) is 0 Å². The van der Waals surface area contributed by atoms with Crippen LogP contribution in [0, 0.1) is 6.92 Å². The predicted molar refractivity (Wildman–Crippen MR) is 95.2 cm³/mol. The van der Waals surface area contributed by atoms with Crippen molar-refractivity contribution in [1.82, 2.24) is 4.98 Å². The monoisotopic (exact) mass is 343 g/mol. The van der Waals surface area contributed by atoms with E-state index in [1.807, 2.05) is 37.3 Å². The molecule has 0 aliphatic heterocycles. The lowest BCUT2D eigenvalue weighted by Gasteiger charge is -2.05. The van der Waals surface area contributed by atoms with Crippen molar-refractivity contribution >= 4 is 11.9 Å². The highest BCUT2D eigenvalue weighted by molar-refractivity contribution is 5.89. The van der Waals surface area contributed by atoms with Crippen LogP contribution < -0.4 is 0 Å². The summed E-state index contributed by atoms with van der Waals surface area (Å²) in [6.45, 7) is 5.75. The Morgan fingerprint density at radius 2 is 1.80 bits per heavy atom. The quantitative estimate of drug-likeness (QED) is 0.733. The lowest BCUT2D eigenvalue weighted by atomic mass is 10.0. The zero-order valence-electron chi connectivity index (χ0n) is 15.1. The van der Waals surface area contributed by atoms with E-state index >= 15 is 0 Å². The summed E-state index contributed by atoms with van der Waals surface area (Å²) >= 11 is 0. The Labute approximate surface area is 148 Å². The molecule has 1 aromatic carbocycles. The molecule has 1 aromatic heterocycles. The molecule has 0 amide bonds. The van der Waals surface area contributed by atoms with E-state index in [0.717, 1.165) is 41.6 Å². The van der Waals surface area contributed by atoms with Gasteiger partial charge in [0.2, 0.25) is 0 Å². The number of H-pyrrole nitrogens is 1. The van der Waals surface area contributed by atoms with E-state index in [-0.39, 0.29) is 19.2 Å². The number of esters is 2. The van der Waals surface area contributed by atoms with Gasteiger partial charge in [-0.25, -0.2) is 4.79 Å². The Kier molecular flexibility index (Phi) is 6.81. The average Bonchev–Trinajstić information content (AvgIpc) is 2.93. The van der Waals surface area contributed by atoms with Crippen LogP contribution in [0.1, 0.15) is 59.6 Å². The van der Waals surface area contributed by atoms with Gasteiger partial charge >= 0.3 is 11.9 Å². The smallest absolute Gasteiger partial charge is 0.355 e. The second-order valence-corrected chi connectivity index (χ2v) is 6.03. The maximum atomic E-state index is 12.5. The molecule has 5 nitrogen and oxygen atoms in total. The molecule has 0 bridgehead atoms. The first-order valence-electron chi connectivity index (χ1n) is 8.57. The number of rotatable bonds is 8. The number of carbonyl (C=O) groups is 2. The molecule has 0 radical (unpaired) electrons. The van der Waals surface area contributed by atoms with E-state index in [9.17, 15) is 9.59 Å². The SMILES string of the molecule is CCCCc1c(COC(C)=O)[nH]c(C(=O)OCc2ccccc2)c1C. The predicted octanol–water partition coefficient (Wildman–Crippen LogP) is 4.09. The second kappa shape index (κ2) is 9.06. The van der Waals surface area contributed by atoms with Crippen LogP contribution in [0.15, 0.2) is 30.3 Å². The third-order valence-electron chi connectivity index (χ3n) is 4.08. The fourth-order valence-corrected chi connectivity index (χ4v) is 2.69. The number of benzene rings is 1. The highest BCUT2D eigenvalue weighted by atomic mass is 16.5. The molecule has 0 unspecified atom stereocenters. The Morgan fingerprint density at radius 3 is 2.44 bits per heavy atom. The summed E-state index contributed by atoms with van der Waals surface area (Å²) in [4.78, 5) is 26.7. The van der Waals surface area contributed by atoms with Crippen LogP contribution in [0.4, 0.5) is 0 Å². The van der Waals surface area contributed by atoms with Crippen molar-refractivity contribution in [2.75, 3.05) is 0 Å². The van der Waals surface area contributed by atoms with E-state index in [1.165, 1.54) is 6.92 Å². The van der Waals surface area contributed by atoms with Gasteiger partial charge in [0.25, 0.3) is 0 Å². The third-order valence-corrected chi connectivity index (χ3v) is 4.08. The maximum absolute atomic E-state index is 12.5. The molecule has 1 heterocycles. The first kappa shape index (κ1) is 18.8. The summed E-state index contributed by atoms with van der Waals surface area (Å²) < 4.78 is 10.5. The van der Waals surface area contributed by atoms with E-state index in [2.05, 4.69) is 11.9 Å². The lowest BCUT2D eigenvalue weighted by Crippen LogP contribution is -2.07. The van der Waals surface area contributed by atoms with Crippen molar-refractivity contribution in [2.45, 2.75) is 53.2 Å². The second-order valence-electron chi connectivity index (χ2n) is 6.03. The van der Waals surface area contributed by atoms with Crippen molar-refractivity contribution in [1.29, 1.82) is 0 Å². The topological polar surface area (TPSA) is 68.4 Å². The number of hydrogen-bond donors (Lipinski definition) is 1. The first-order valence-corrected chi connectivity index (χ1v) is 8.57. The fourth-order valence-electron chi connectivity index (χ4n) is 2.69. The van der Waals surface area contributed by atoms with E-state index in [1.54, 1.807) is 0 Å². The molecule has 25 heavy (non-hydrogen) atoms. The molecule has 0 aliphatic carbocycles. The number of unbranched alkanes of at least 4 members (excludes halogenated alkanes) is 1. The number of nitrogens with one attached hydrogen (secondary N) is 1. The molecule has 2 rings (SSSR count). The molecule has 134 valence electrons. The van der Waals surface area contributed by atoms with E-state index in [4.69, 9.17) is 9.47 Å². The zero-order valence-corrected chi connectivity index (χ0v) is 15.1. The van der Waals surface area contributed by atoms with Crippen molar-refractivity contribution in [2.24, 2.45) is 0 Å².